The molecule has 15 heavy (non-hydrogen) atoms. The normalized spacial score (nSPS) is 28.1. The van der Waals surface area contributed by atoms with Gasteiger partial charge in [-0.2, -0.15) is 0 Å². The Balaban J connectivity index is 1.81. The number of likely N-dealkylation sites (tertiary alicyclic amines) is 1. The summed E-state index contributed by atoms with van der Waals surface area (Å²) in [5, 5.41) is 3.20. The number of carbonyl (C=O) groups is 1. The van der Waals surface area contributed by atoms with Crippen molar-refractivity contribution in [2.75, 3.05) is 26.7 Å². The number of hydrogen-bond donors (Lipinski definition) is 1. The molecule has 1 amide bonds. The highest BCUT2D eigenvalue weighted by Crippen LogP contribution is 2.38. The van der Waals surface area contributed by atoms with E-state index in [2.05, 4.69) is 17.1 Å². The fourth-order valence-electron chi connectivity index (χ4n) is 2.57. The van der Waals surface area contributed by atoms with Crippen molar-refractivity contribution < 1.29 is 4.79 Å². The Bertz CT molecular complexity index is 238. The van der Waals surface area contributed by atoms with Crippen molar-refractivity contribution in [3.63, 3.8) is 0 Å². The van der Waals surface area contributed by atoms with Crippen LogP contribution in [-0.2, 0) is 4.79 Å². The minimum atomic E-state index is 0.276. The molecule has 0 aromatic carbocycles. The van der Waals surface area contributed by atoms with E-state index in [1.807, 2.05) is 7.05 Å². The molecule has 1 saturated heterocycles. The van der Waals surface area contributed by atoms with Gasteiger partial charge in [-0.15, -0.1) is 0 Å². The highest BCUT2D eigenvalue weighted by Gasteiger charge is 2.36. The standard InChI is InChI=1S/C12H22N2O/c1-9(11-3-4-11)12(15)14-6-5-10(8-14)7-13-2/h9-11,13H,3-8H2,1-2H3. The maximum absolute atomic E-state index is 12.1. The second-order valence-electron chi connectivity index (χ2n) is 5.12. The fraction of sp³-hybridized carbons (Fsp3) is 0.917. The average Bonchev–Trinajstić information content (AvgIpc) is 2.98. The van der Waals surface area contributed by atoms with Gasteiger partial charge >= 0.3 is 0 Å². The first-order chi connectivity index (χ1) is 7.22. The van der Waals surface area contributed by atoms with Gasteiger partial charge < -0.3 is 10.2 Å². The van der Waals surface area contributed by atoms with Gasteiger partial charge in [0, 0.05) is 19.0 Å². The summed E-state index contributed by atoms with van der Waals surface area (Å²) in [4.78, 5) is 14.2. The second-order valence-corrected chi connectivity index (χ2v) is 5.12. The molecule has 2 fully saturated rings. The van der Waals surface area contributed by atoms with Crippen LogP contribution in [0, 0.1) is 17.8 Å². The van der Waals surface area contributed by atoms with Crippen LogP contribution in [0.4, 0.5) is 0 Å². The highest BCUT2D eigenvalue weighted by molar-refractivity contribution is 5.79. The molecule has 2 unspecified atom stereocenters. The minimum absolute atomic E-state index is 0.276. The smallest absolute Gasteiger partial charge is 0.225 e. The Kier molecular flexibility index (Phi) is 3.29. The Morgan fingerprint density at radius 3 is 2.80 bits per heavy atom. The number of hydrogen-bond acceptors (Lipinski definition) is 2. The van der Waals surface area contributed by atoms with Crippen LogP contribution in [0.5, 0.6) is 0 Å². The van der Waals surface area contributed by atoms with Crippen molar-refractivity contribution in [1.82, 2.24) is 10.2 Å². The van der Waals surface area contributed by atoms with E-state index in [0.717, 1.165) is 19.6 Å². The third-order valence-electron chi connectivity index (χ3n) is 3.81. The molecule has 0 aromatic heterocycles. The van der Waals surface area contributed by atoms with Crippen molar-refractivity contribution in [2.24, 2.45) is 17.8 Å². The van der Waals surface area contributed by atoms with Crippen molar-refractivity contribution in [2.45, 2.75) is 26.2 Å². The summed E-state index contributed by atoms with van der Waals surface area (Å²) in [6.45, 7) is 5.09. The molecule has 1 aliphatic heterocycles. The quantitative estimate of drug-likeness (QED) is 0.753. The maximum Gasteiger partial charge on any atom is 0.225 e. The predicted octanol–water partition coefficient (Wildman–Crippen LogP) is 1.10. The lowest BCUT2D eigenvalue weighted by Gasteiger charge is -2.20. The Labute approximate surface area is 92.2 Å². The molecule has 1 heterocycles. The van der Waals surface area contributed by atoms with Crippen LogP contribution in [0.1, 0.15) is 26.2 Å². The molecule has 0 aromatic rings. The molecule has 1 aliphatic carbocycles. The van der Waals surface area contributed by atoms with Crippen LogP contribution in [0.2, 0.25) is 0 Å². The maximum atomic E-state index is 12.1. The van der Waals surface area contributed by atoms with Crippen LogP contribution in [0.3, 0.4) is 0 Å². The summed E-state index contributed by atoms with van der Waals surface area (Å²) < 4.78 is 0. The molecule has 3 heteroatoms. The summed E-state index contributed by atoms with van der Waals surface area (Å²) in [6, 6.07) is 0. The third kappa shape index (κ3) is 2.51. The minimum Gasteiger partial charge on any atom is -0.342 e. The molecular weight excluding hydrogens is 188 g/mol. The number of nitrogens with one attached hydrogen (secondary N) is 1. The predicted molar refractivity (Wildman–Crippen MR) is 60.5 cm³/mol. The van der Waals surface area contributed by atoms with Gasteiger partial charge in [-0.05, 0) is 44.7 Å². The van der Waals surface area contributed by atoms with Crippen LogP contribution in [0.15, 0.2) is 0 Å². The van der Waals surface area contributed by atoms with Crippen LogP contribution in [0.25, 0.3) is 0 Å². The van der Waals surface area contributed by atoms with E-state index in [4.69, 9.17) is 0 Å². The van der Waals surface area contributed by atoms with Crippen LogP contribution < -0.4 is 5.32 Å². The highest BCUT2D eigenvalue weighted by atomic mass is 16.2. The summed E-state index contributed by atoms with van der Waals surface area (Å²) in [6.07, 6.45) is 3.70. The molecule has 1 saturated carbocycles. The van der Waals surface area contributed by atoms with Gasteiger partial charge in [0.1, 0.15) is 0 Å². The van der Waals surface area contributed by atoms with E-state index in [0.29, 0.717) is 17.7 Å². The largest absolute Gasteiger partial charge is 0.342 e. The Morgan fingerprint density at radius 1 is 1.47 bits per heavy atom. The van der Waals surface area contributed by atoms with Crippen LogP contribution in [-0.4, -0.2) is 37.5 Å². The first kappa shape index (κ1) is 10.9. The van der Waals surface area contributed by atoms with Gasteiger partial charge in [-0.3, -0.25) is 4.79 Å². The average molecular weight is 210 g/mol. The molecule has 0 radical (unpaired) electrons. The Morgan fingerprint density at radius 2 is 2.20 bits per heavy atom. The molecule has 2 atom stereocenters. The summed E-state index contributed by atoms with van der Waals surface area (Å²) in [7, 11) is 1.98. The zero-order valence-electron chi connectivity index (χ0n) is 9.83. The molecule has 1 N–H and O–H groups in total. The number of carbonyl (C=O) groups excluding carboxylic acids is 1. The molecular formula is C12H22N2O. The fourth-order valence-corrected chi connectivity index (χ4v) is 2.57. The lowest BCUT2D eigenvalue weighted by molar-refractivity contribution is -0.134. The topological polar surface area (TPSA) is 32.3 Å². The van der Waals surface area contributed by atoms with E-state index < -0.39 is 0 Å². The molecule has 86 valence electrons. The summed E-state index contributed by atoms with van der Waals surface area (Å²) in [5.41, 5.74) is 0. The van der Waals surface area contributed by atoms with Gasteiger partial charge in [0.05, 0.1) is 0 Å². The summed E-state index contributed by atoms with van der Waals surface area (Å²) in [5.74, 6) is 2.04. The van der Waals surface area contributed by atoms with E-state index in [-0.39, 0.29) is 5.92 Å². The van der Waals surface area contributed by atoms with E-state index in [1.165, 1.54) is 19.3 Å². The second kappa shape index (κ2) is 4.52. The summed E-state index contributed by atoms with van der Waals surface area (Å²) >= 11 is 0. The lowest BCUT2D eigenvalue weighted by Crippen LogP contribution is -2.35. The number of rotatable bonds is 4. The van der Waals surface area contributed by atoms with Gasteiger partial charge in [0.2, 0.25) is 5.91 Å². The van der Waals surface area contributed by atoms with Crippen molar-refractivity contribution in [3.8, 4) is 0 Å². The first-order valence-electron chi connectivity index (χ1n) is 6.15. The van der Waals surface area contributed by atoms with Crippen molar-refractivity contribution in [1.29, 1.82) is 0 Å². The third-order valence-corrected chi connectivity index (χ3v) is 3.81. The van der Waals surface area contributed by atoms with E-state index >= 15 is 0 Å². The van der Waals surface area contributed by atoms with Gasteiger partial charge in [-0.1, -0.05) is 6.92 Å². The molecule has 3 nitrogen and oxygen atoms in total. The lowest BCUT2D eigenvalue weighted by atomic mass is 10.1. The van der Waals surface area contributed by atoms with E-state index in [9.17, 15) is 4.79 Å². The van der Waals surface area contributed by atoms with Gasteiger partial charge in [-0.25, -0.2) is 0 Å². The number of amides is 1. The van der Waals surface area contributed by atoms with Gasteiger partial charge in [0.25, 0.3) is 0 Å². The van der Waals surface area contributed by atoms with Crippen molar-refractivity contribution >= 4 is 5.91 Å². The Hall–Kier alpha value is -0.570. The van der Waals surface area contributed by atoms with Gasteiger partial charge in [0.15, 0.2) is 0 Å². The molecule has 0 bridgehead atoms. The van der Waals surface area contributed by atoms with Crippen LogP contribution >= 0.6 is 0 Å². The number of nitrogens with zero attached hydrogens (tertiary/aromatic N) is 1. The SMILES string of the molecule is CNCC1CCN(C(=O)C(C)C2CC2)C1. The monoisotopic (exact) mass is 210 g/mol. The molecule has 2 rings (SSSR count). The zero-order chi connectivity index (χ0) is 10.8. The first-order valence-corrected chi connectivity index (χ1v) is 6.15. The molecule has 0 spiro atoms. The van der Waals surface area contributed by atoms with E-state index in [1.54, 1.807) is 0 Å². The zero-order valence-corrected chi connectivity index (χ0v) is 9.83. The van der Waals surface area contributed by atoms with Crippen molar-refractivity contribution in [3.05, 3.63) is 0 Å². The molecule has 2 aliphatic rings.